The van der Waals surface area contributed by atoms with Gasteiger partial charge in [0, 0.05) is 22.6 Å². The average molecular weight is 443 g/mol. The van der Waals surface area contributed by atoms with E-state index in [1.807, 2.05) is 55.5 Å². The molecule has 1 aliphatic rings. The van der Waals surface area contributed by atoms with E-state index in [-0.39, 0.29) is 18.2 Å². The van der Waals surface area contributed by atoms with Crippen LogP contribution < -0.4 is 10.1 Å². The number of thioether (sulfide) groups is 1. The quantitative estimate of drug-likeness (QED) is 0.673. The summed E-state index contributed by atoms with van der Waals surface area (Å²) in [5.41, 5.74) is 2.69. The van der Waals surface area contributed by atoms with Gasteiger partial charge >= 0.3 is 0 Å². The van der Waals surface area contributed by atoms with Crippen molar-refractivity contribution >= 4 is 33.6 Å². The molecule has 27 heavy (non-hydrogen) atoms. The summed E-state index contributed by atoms with van der Waals surface area (Å²) in [5, 5.41) is 13.3. The number of hydrogen-bond donors (Lipinski definition) is 1. The second kappa shape index (κ2) is 9.12. The Bertz CT molecular complexity index is 886. The Labute approximate surface area is 171 Å². The van der Waals surface area contributed by atoms with E-state index in [1.54, 1.807) is 0 Å². The standard InChI is InChI=1S/C21H19BrN2O2S/c1-2-26-17-9-5-15(6-10-17)18-11-20(25)24-21(19(18)12-23)27-13-14-3-7-16(22)8-4-14/h3-10,18H,2,11,13H2,1H3,(H,24,25)/t18-/m1/s1. The lowest BCUT2D eigenvalue weighted by Crippen LogP contribution is -2.30. The number of carbonyl (C=O) groups excluding carboxylic acids is 1. The summed E-state index contributed by atoms with van der Waals surface area (Å²) in [7, 11) is 0. The molecule has 0 aliphatic carbocycles. The zero-order chi connectivity index (χ0) is 19.2. The van der Waals surface area contributed by atoms with Crippen LogP contribution in [-0.2, 0) is 10.5 Å². The maximum Gasteiger partial charge on any atom is 0.225 e. The van der Waals surface area contributed by atoms with Gasteiger partial charge in [0.15, 0.2) is 0 Å². The molecule has 1 N–H and O–H groups in total. The van der Waals surface area contributed by atoms with Crippen LogP contribution in [0, 0.1) is 11.3 Å². The van der Waals surface area contributed by atoms with Crippen molar-refractivity contribution in [2.24, 2.45) is 0 Å². The van der Waals surface area contributed by atoms with Crippen LogP contribution in [0.4, 0.5) is 0 Å². The topological polar surface area (TPSA) is 62.1 Å². The van der Waals surface area contributed by atoms with Gasteiger partial charge in [0.05, 0.1) is 23.3 Å². The van der Waals surface area contributed by atoms with Gasteiger partial charge in [0.2, 0.25) is 5.91 Å². The number of nitrogens with zero attached hydrogens (tertiary/aromatic N) is 1. The zero-order valence-corrected chi connectivity index (χ0v) is 17.3. The predicted octanol–water partition coefficient (Wildman–Crippen LogP) is 5.12. The third-order valence-corrected chi connectivity index (χ3v) is 5.86. The Morgan fingerprint density at radius 1 is 1.22 bits per heavy atom. The molecule has 4 nitrogen and oxygen atoms in total. The number of carbonyl (C=O) groups is 1. The summed E-state index contributed by atoms with van der Waals surface area (Å²) in [5.74, 6) is 1.18. The summed E-state index contributed by atoms with van der Waals surface area (Å²) in [6.45, 7) is 2.54. The van der Waals surface area contributed by atoms with Crippen LogP contribution >= 0.6 is 27.7 Å². The second-order valence-corrected chi connectivity index (χ2v) is 7.98. The molecule has 0 radical (unpaired) electrons. The lowest BCUT2D eigenvalue weighted by molar-refractivity contribution is -0.120. The smallest absolute Gasteiger partial charge is 0.225 e. The second-order valence-electron chi connectivity index (χ2n) is 6.08. The first-order chi connectivity index (χ1) is 13.1. The Kier molecular flexibility index (Phi) is 6.59. The van der Waals surface area contributed by atoms with Crippen LogP contribution in [0.5, 0.6) is 5.75 Å². The Hall–Kier alpha value is -2.23. The molecule has 3 rings (SSSR count). The minimum atomic E-state index is -0.230. The van der Waals surface area contributed by atoms with Crippen LogP contribution in [0.2, 0.25) is 0 Å². The normalized spacial score (nSPS) is 16.6. The molecular weight excluding hydrogens is 424 g/mol. The van der Waals surface area contributed by atoms with Gasteiger partial charge in [-0.2, -0.15) is 5.26 Å². The fourth-order valence-electron chi connectivity index (χ4n) is 2.92. The molecule has 138 valence electrons. The van der Waals surface area contributed by atoms with Gasteiger partial charge in [-0.25, -0.2) is 0 Å². The molecule has 1 heterocycles. The van der Waals surface area contributed by atoms with Gasteiger partial charge in [0.25, 0.3) is 0 Å². The molecule has 0 spiro atoms. The van der Waals surface area contributed by atoms with Crippen LogP contribution in [-0.4, -0.2) is 12.5 Å². The molecule has 0 saturated carbocycles. The molecule has 0 saturated heterocycles. The van der Waals surface area contributed by atoms with Crippen molar-refractivity contribution in [2.45, 2.75) is 25.0 Å². The number of amides is 1. The number of benzene rings is 2. The van der Waals surface area contributed by atoms with Gasteiger partial charge in [-0.05, 0) is 42.3 Å². The van der Waals surface area contributed by atoms with Crippen LogP contribution in [0.15, 0.2) is 63.6 Å². The Morgan fingerprint density at radius 2 is 1.93 bits per heavy atom. The maximum absolute atomic E-state index is 12.2. The summed E-state index contributed by atoms with van der Waals surface area (Å²) >= 11 is 4.91. The number of ether oxygens (including phenoxy) is 1. The van der Waals surface area contributed by atoms with E-state index >= 15 is 0 Å². The number of rotatable bonds is 6. The Morgan fingerprint density at radius 3 is 2.56 bits per heavy atom. The first-order valence-electron chi connectivity index (χ1n) is 8.64. The molecule has 0 aromatic heterocycles. The van der Waals surface area contributed by atoms with E-state index in [2.05, 4.69) is 27.3 Å². The zero-order valence-electron chi connectivity index (χ0n) is 14.9. The lowest BCUT2D eigenvalue weighted by atomic mass is 9.87. The van der Waals surface area contributed by atoms with Crippen LogP contribution in [0.3, 0.4) is 0 Å². The van der Waals surface area contributed by atoms with E-state index in [1.165, 1.54) is 11.8 Å². The highest BCUT2D eigenvalue weighted by Gasteiger charge is 2.29. The first-order valence-corrected chi connectivity index (χ1v) is 10.4. The van der Waals surface area contributed by atoms with E-state index < -0.39 is 0 Å². The monoisotopic (exact) mass is 442 g/mol. The highest BCUT2D eigenvalue weighted by Crippen LogP contribution is 2.37. The molecule has 1 atom stereocenters. The van der Waals surface area contributed by atoms with Gasteiger partial charge in [0.1, 0.15) is 5.75 Å². The summed E-state index contributed by atoms with van der Waals surface area (Å²) < 4.78 is 6.50. The molecule has 6 heteroatoms. The van der Waals surface area contributed by atoms with Crippen molar-refractivity contribution in [3.8, 4) is 11.8 Å². The highest BCUT2D eigenvalue weighted by atomic mass is 79.9. The minimum absolute atomic E-state index is 0.0637. The number of allylic oxidation sites excluding steroid dienone is 1. The largest absolute Gasteiger partial charge is 0.494 e. The van der Waals surface area contributed by atoms with E-state index in [0.717, 1.165) is 21.3 Å². The van der Waals surface area contributed by atoms with Crippen molar-refractivity contribution in [3.63, 3.8) is 0 Å². The lowest BCUT2D eigenvalue weighted by Gasteiger charge is -2.25. The van der Waals surface area contributed by atoms with Crippen molar-refractivity contribution in [1.29, 1.82) is 5.26 Å². The molecule has 0 bridgehead atoms. The number of hydrogen-bond acceptors (Lipinski definition) is 4. The summed E-state index contributed by atoms with van der Waals surface area (Å²) in [6.07, 6.45) is 0.277. The average Bonchev–Trinajstić information content (AvgIpc) is 2.68. The third kappa shape index (κ3) is 4.94. The minimum Gasteiger partial charge on any atom is -0.494 e. The van der Waals surface area contributed by atoms with Crippen LogP contribution in [0.25, 0.3) is 0 Å². The van der Waals surface area contributed by atoms with E-state index in [0.29, 0.717) is 23.0 Å². The number of halogens is 1. The van der Waals surface area contributed by atoms with Crippen molar-refractivity contribution in [1.82, 2.24) is 5.32 Å². The molecule has 1 amide bonds. The van der Waals surface area contributed by atoms with E-state index in [4.69, 9.17) is 4.74 Å². The number of nitriles is 1. The summed E-state index contributed by atoms with van der Waals surface area (Å²) in [6, 6.07) is 18.0. The fraction of sp³-hybridized carbons (Fsp3) is 0.238. The molecule has 2 aromatic carbocycles. The molecule has 1 aliphatic heterocycles. The predicted molar refractivity (Wildman–Crippen MR) is 111 cm³/mol. The van der Waals surface area contributed by atoms with Gasteiger partial charge in [-0.15, -0.1) is 11.8 Å². The SMILES string of the molecule is CCOc1ccc([C@H]2CC(=O)NC(SCc3ccc(Br)cc3)=C2C#N)cc1. The third-order valence-electron chi connectivity index (χ3n) is 4.25. The molecule has 0 unspecified atom stereocenters. The highest BCUT2D eigenvalue weighted by molar-refractivity contribution is 9.10. The molecular formula is C21H19BrN2O2S. The Balaban J connectivity index is 1.83. The fourth-order valence-corrected chi connectivity index (χ4v) is 4.21. The van der Waals surface area contributed by atoms with Gasteiger partial charge in [-0.3, -0.25) is 4.79 Å². The van der Waals surface area contributed by atoms with Crippen molar-refractivity contribution in [2.75, 3.05) is 6.61 Å². The maximum atomic E-state index is 12.2. The number of nitrogens with one attached hydrogen (secondary N) is 1. The van der Waals surface area contributed by atoms with Crippen molar-refractivity contribution < 1.29 is 9.53 Å². The van der Waals surface area contributed by atoms with Gasteiger partial charge < -0.3 is 10.1 Å². The van der Waals surface area contributed by atoms with E-state index in [9.17, 15) is 10.1 Å². The molecule has 2 aromatic rings. The molecule has 0 fully saturated rings. The summed E-state index contributed by atoms with van der Waals surface area (Å²) in [4.78, 5) is 12.2. The van der Waals surface area contributed by atoms with Crippen molar-refractivity contribution in [3.05, 3.63) is 74.7 Å². The van der Waals surface area contributed by atoms with Crippen LogP contribution in [0.1, 0.15) is 30.4 Å². The first kappa shape index (κ1) is 19.5. The van der Waals surface area contributed by atoms with Gasteiger partial charge in [-0.1, -0.05) is 40.2 Å².